The fourth-order valence-corrected chi connectivity index (χ4v) is 5.21. The first-order valence-electron chi connectivity index (χ1n) is 8.60. The van der Waals surface area contributed by atoms with Crippen molar-refractivity contribution in [3.05, 3.63) is 134 Å². The van der Waals surface area contributed by atoms with Crippen LogP contribution in [-0.4, -0.2) is 0 Å². The van der Waals surface area contributed by atoms with Crippen molar-refractivity contribution in [1.29, 1.82) is 10.5 Å². The summed E-state index contributed by atoms with van der Waals surface area (Å²) in [6, 6.07) is 42.5. The van der Waals surface area contributed by atoms with E-state index >= 15 is 0 Å². The van der Waals surface area contributed by atoms with Gasteiger partial charge in [0.15, 0.2) is 0 Å². The minimum Gasteiger partial charge on any atom is -0.512 e. The van der Waals surface area contributed by atoms with Crippen molar-refractivity contribution in [2.24, 2.45) is 0 Å². The molecule has 0 aliphatic carbocycles. The van der Waals surface area contributed by atoms with E-state index in [9.17, 15) is 0 Å². The Bertz CT molecular complexity index is 773. The van der Waals surface area contributed by atoms with Crippen LogP contribution in [0.2, 0.25) is 0 Å². The molecule has 0 amide bonds. The molecule has 0 unspecified atom stereocenters. The Labute approximate surface area is 185 Å². The van der Waals surface area contributed by atoms with Crippen LogP contribution in [-0.2, 0) is 16.8 Å². The van der Waals surface area contributed by atoms with Crippen molar-refractivity contribution in [3.8, 4) is 0 Å². The second kappa shape index (κ2) is 17.1. The molecule has 0 aromatic heterocycles. The zero-order valence-electron chi connectivity index (χ0n) is 15.8. The van der Waals surface area contributed by atoms with Crippen molar-refractivity contribution in [2.45, 2.75) is 0 Å². The summed E-state index contributed by atoms with van der Waals surface area (Å²) < 4.78 is 0. The van der Waals surface area contributed by atoms with Crippen LogP contribution in [0.4, 0.5) is 0 Å². The summed E-state index contributed by atoms with van der Waals surface area (Å²) >= 11 is 0. The zero-order chi connectivity index (χ0) is 20.5. The maximum atomic E-state index is 6.25. The van der Waals surface area contributed by atoms with Crippen LogP contribution in [0.1, 0.15) is 0 Å². The molecule has 0 fully saturated rings. The number of benzene rings is 3. The third kappa shape index (κ3) is 9.11. The van der Waals surface area contributed by atoms with Gasteiger partial charge in [0, 0.05) is 16.8 Å². The predicted molar refractivity (Wildman–Crippen MR) is 119 cm³/mol. The SMILES string of the molecule is [C-]#N.[C-]#N.[Co].c1cc[cH-]c1.c1ccc([PH+](c2ccccc2)c2ccccc2)cc1. The first-order chi connectivity index (χ1) is 13.9. The van der Waals surface area contributed by atoms with Crippen molar-refractivity contribution >= 4 is 23.8 Å². The van der Waals surface area contributed by atoms with Gasteiger partial charge >= 0.3 is 0 Å². The summed E-state index contributed by atoms with van der Waals surface area (Å²) in [5.74, 6) is 0. The van der Waals surface area contributed by atoms with Gasteiger partial charge in [-0.05, 0) is 36.4 Å². The second-order valence-corrected chi connectivity index (χ2v) is 7.92. The number of nitrogens with zero attached hydrogens (tertiary/aromatic N) is 2. The Morgan fingerprint density at radius 3 is 0.966 bits per heavy atom. The quantitative estimate of drug-likeness (QED) is 0.341. The van der Waals surface area contributed by atoms with Gasteiger partial charge in [-0.25, -0.2) is 12.1 Å². The van der Waals surface area contributed by atoms with E-state index in [0.29, 0.717) is 0 Å². The Hall–Kier alpha value is -3.07. The van der Waals surface area contributed by atoms with Gasteiger partial charge < -0.3 is 23.7 Å². The summed E-state index contributed by atoms with van der Waals surface area (Å²) in [5, 5.41) is 16.8. The number of hydrogen-bond acceptors (Lipinski definition) is 2. The van der Waals surface area contributed by atoms with E-state index < -0.39 is 7.92 Å². The molecule has 0 atom stereocenters. The number of hydrogen-bond donors (Lipinski definition) is 0. The van der Waals surface area contributed by atoms with Gasteiger partial charge in [0.1, 0.15) is 15.9 Å². The fraction of sp³-hybridized carbons (Fsp3) is 0. The van der Waals surface area contributed by atoms with Crippen molar-refractivity contribution in [2.75, 3.05) is 0 Å². The third-order valence-electron chi connectivity index (χ3n) is 3.74. The van der Waals surface area contributed by atoms with E-state index in [2.05, 4.69) is 91.0 Å². The standard InChI is InChI=1S/C18H15P.C5H5.2CN.Co/c1-4-10-16(11-5-1)19(17-12-6-2-7-13-17)18-14-8-3-9-15-18;1-2-4-5-3-1;2*1-2;/h1-15H;1-5H;;;/q;3*-1;/p+1. The Kier molecular flexibility index (Phi) is 15.2. The second-order valence-electron chi connectivity index (χ2n) is 5.44. The van der Waals surface area contributed by atoms with Gasteiger partial charge in [-0.1, -0.05) is 54.6 Å². The van der Waals surface area contributed by atoms with Crippen LogP contribution in [0.5, 0.6) is 0 Å². The van der Waals surface area contributed by atoms with E-state index in [1.807, 2.05) is 30.3 Å². The van der Waals surface area contributed by atoms with E-state index in [1.54, 1.807) is 0 Å². The Balaban J connectivity index is 0.000000667. The normalized spacial score (nSPS) is 8.45. The summed E-state index contributed by atoms with van der Waals surface area (Å²) in [6.45, 7) is 9.50. The first-order valence-corrected chi connectivity index (χ1v) is 10.1. The predicted octanol–water partition coefficient (Wildman–Crippen LogP) is 4.77. The Morgan fingerprint density at radius 1 is 0.483 bits per heavy atom. The van der Waals surface area contributed by atoms with E-state index in [0.717, 1.165) is 0 Å². The van der Waals surface area contributed by atoms with Crippen LogP contribution >= 0.6 is 7.92 Å². The molecule has 0 saturated heterocycles. The molecule has 4 rings (SSSR count). The number of rotatable bonds is 3. The van der Waals surface area contributed by atoms with Crippen LogP contribution in [0.3, 0.4) is 0 Å². The zero-order valence-corrected chi connectivity index (χ0v) is 17.8. The summed E-state index contributed by atoms with van der Waals surface area (Å²) in [5.41, 5.74) is 0. The maximum Gasteiger partial charge on any atom is 0.102 e. The van der Waals surface area contributed by atoms with Gasteiger partial charge in [0.2, 0.25) is 0 Å². The van der Waals surface area contributed by atoms with Gasteiger partial charge in [-0.2, -0.15) is 18.2 Å². The maximum absolute atomic E-state index is 6.25. The van der Waals surface area contributed by atoms with E-state index in [-0.39, 0.29) is 16.8 Å². The van der Waals surface area contributed by atoms with Gasteiger partial charge in [-0.15, -0.1) is 0 Å². The summed E-state index contributed by atoms with van der Waals surface area (Å²) in [7, 11) is -0.877. The van der Waals surface area contributed by atoms with Crippen molar-refractivity contribution in [1.82, 2.24) is 0 Å². The van der Waals surface area contributed by atoms with Crippen LogP contribution in [0.25, 0.3) is 0 Å². The minimum atomic E-state index is -0.877. The van der Waals surface area contributed by atoms with E-state index in [1.165, 1.54) is 15.9 Å². The molecule has 0 heterocycles. The minimum absolute atomic E-state index is 0. The molecule has 147 valence electrons. The molecule has 1 radical (unpaired) electrons. The van der Waals surface area contributed by atoms with Crippen molar-refractivity contribution in [3.63, 3.8) is 0 Å². The van der Waals surface area contributed by atoms with Crippen molar-refractivity contribution < 1.29 is 16.8 Å². The molecule has 4 aromatic carbocycles. The van der Waals surface area contributed by atoms with Crippen LogP contribution in [0.15, 0.2) is 121 Å². The molecule has 0 bridgehead atoms. The fourth-order valence-electron chi connectivity index (χ4n) is 2.64. The molecule has 4 aromatic rings. The molecular weight excluding hydrogens is 418 g/mol. The molecule has 0 spiro atoms. The average Bonchev–Trinajstić information content (AvgIpc) is 3.39. The largest absolute Gasteiger partial charge is 0.512 e. The molecule has 0 saturated carbocycles. The van der Waals surface area contributed by atoms with Crippen LogP contribution in [0, 0.1) is 23.7 Å². The molecule has 4 heteroatoms. The summed E-state index contributed by atoms with van der Waals surface area (Å²) in [4.78, 5) is 0. The molecule has 29 heavy (non-hydrogen) atoms. The topological polar surface area (TPSA) is 47.6 Å². The molecule has 0 aliphatic heterocycles. The summed E-state index contributed by atoms with van der Waals surface area (Å²) in [6.07, 6.45) is 0. The molecule has 2 nitrogen and oxygen atoms in total. The molecule has 0 aliphatic rings. The van der Waals surface area contributed by atoms with E-state index in [4.69, 9.17) is 23.7 Å². The van der Waals surface area contributed by atoms with Gasteiger partial charge in [0.05, 0.1) is 7.92 Å². The van der Waals surface area contributed by atoms with Crippen LogP contribution < -0.4 is 15.9 Å². The van der Waals surface area contributed by atoms with Gasteiger partial charge in [0.25, 0.3) is 0 Å². The Morgan fingerprint density at radius 2 is 0.759 bits per heavy atom. The molecule has 0 N–H and O–H groups in total. The average molecular weight is 439 g/mol. The molecular formula is C25H21CoN2P-2. The monoisotopic (exact) mass is 439 g/mol. The first kappa shape index (κ1) is 25.9. The third-order valence-corrected chi connectivity index (χ3v) is 6.47. The smallest absolute Gasteiger partial charge is 0.102 e. The van der Waals surface area contributed by atoms with Gasteiger partial charge in [-0.3, -0.25) is 0 Å².